The van der Waals surface area contributed by atoms with Crippen LogP contribution in [0.25, 0.3) is 56.7 Å². The fourth-order valence-corrected chi connectivity index (χ4v) is 42.6. The normalized spacial score (nSPS) is 16.8. The number of rotatable bonds is 13. The molecule has 0 nitrogen and oxygen atoms in total. The van der Waals surface area contributed by atoms with Gasteiger partial charge in [0.25, 0.3) is 0 Å². The van der Waals surface area contributed by atoms with Crippen molar-refractivity contribution in [3.8, 4) is 44.5 Å². The SMILES string of the molecule is CC(C)CC1=Cc2c(ccc(C(C)C)c2-c2ccccc2-c2ccccc2)[CH]1[Zr]([Cl])([Cl])([CH]1C(CC(C)C)=Cc2c1ccc(C(C)C)c2-c1ccccc1-c1ccccc1)[SiH](C)C. The van der Waals surface area contributed by atoms with Crippen molar-refractivity contribution in [1.29, 1.82) is 0 Å². The van der Waals surface area contributed by atoms with Gasteiger partial charge in [-0.15, -0.1) is 0 Å². The van der Waals surface area contributed by atoms with Crippen LogP contribution in [0.4, 0.5) is 0 Å². The van der Waals surface area contributed by atoms with Gasteiger partial charge in [0, 0.05) is 0 Å². The van der Waals surface area contributed by atoms with Gasteiger partial charge in [0.2, 0.25) is 0 Å². The Hall–Kier alpha value is -3.52. The minimum absolute atomic E-state index is 0.0176. The molecule has 4 heteroatoms. The number of hydrogen-bond acceptors (Lipinski definition) is 0. The zero-order chi connectivity index (χ0) is 44.1. The number of allylic oxidation sites excluding steroid dienone is 2. The summed E-state index contributed by atoms with van der Waals surface area (Å²) < 4.78 is 0.0352. The van der Waals surface area contributed by atoms with Crippen molar-refractivity contribution in [2.75, 3.05) is 0 Å². The molecule has 2 aliphatic carbocycles. The second-order valence-corrected chi connectivity index (χ2v) is 62.6. The third kappa shape index (κ3) is 7.89. The molecule has 8 rings (SSSR count). The molecule has 0 radical (unpaired) electrons. The van der Waals surface area contributed by atoms with E-state index in [9.17, 15) is 0 Å². The fraction of sp³-hybridized carbons (Fsp3) is 0.310. The molecule has 62 heavy (non-hydrogen) atoms. The molecule has 0 saturated heterocycles. The van der Waals surface area contributed by atoms with Crippen LogP contribution in [-0.2, 0) is 15.6 Å². The standard InChI is InChI=1S/2C28H29.C2H7Si.2ClH.Zr/c2*1-19(2)16-21-17-23-14-15-24(20(3)4)28(27(23)18-21)26-13-9-8-12-25(26)22-10-6-5-7-11-22;1-3-2;;;/h2*5-15,17-20H,16H2,1-4H3;3H,1-2H3;2*1H;/q;;;;;+2/p-2. The van der Waals surface area contributed by atoms with Gasteiger partial charge in [-0.2, -0.15) is 0 Å². The van der Waals surface area contributed by atoms with E-state index in [0.717, 1.165) is 12.8 Å². The van der Waals surface area contributed by atoms with Gasteiger partial charge in [0.1, 0.15) is 0 Å². The molecule has 319 valence electrons. The summed E-state index contributed by atoms with van der Waals surface area (Å²) in [6.45, 7) is 23.8. The molecule has 2 atom stereocenters. The molecule has 6 aromatic rings. The Bertz CT molecular complexity index is 2490. The van der Waals surface area contributed by atoms with Crippen LogP contribution in [0, 0.1) is 11.8 Å². The summed E-state index contributed by atoms with van der Waals surface area (Å²) in [5, 5.41) is 0. The second-order valence-electron chi connectivity index (χ2n) is 20.1. The first-order chi connectivity index (χ1) is 29.6. The van der Waals surface area contributed by atoms with Crippen LogP contribution in [0.5, 0.6) is 0 Å². The molecule has 0 fully saturated rings. The van der Waals surface area contributed by atoms with Gasteiger partial charge in [-0.25, -0.2) is 0 Å². The van der Waals surface area contributed by atoms with Crippen molar-refractivity contribution >= 4 is 35.1 Å². The molecular weight excluding hydrogens is 887 g/mol. The first-order valence-electron chi connectivity index (χ1n) is 23.2. The van der Waals surface area contributed by atoms with Crippen molar-refractivity contribution in [1.82, 2.24) is 0 Å². The zero-order valence-electron chi connectivity index (χ0n) is 38.6. The van der Waals surface area contributed by atoms with E-state index < -0.39 is 21.5 Å². The quantitative estimate of drug-likeness (QED) is 0.101. The first kappa shape index (κ1) is 45.1. The van der Waals surface area contributed by atoms with Gasteiger partial charge in [-0.3, -0.25) is 0 Å². The van der Waals surface area contributed by atoms with E-state index in [2.05, 4.69) is 214 Å². The Morgan fingerprint density at radius 1 is 0.452 bits per heavy atom. The van der Waals surface area contributed by atoms with Crippen LogP contribution in [0.2, 0.25) is 13.1 Å². The van der Waals surface area contributed by atoms with Gasteiger partial charge < -0.3 is 0 Å². The van der Waals surface area contributed by atoms with Gasteiger partial charge in [0.05, 0.1) is 0 Å². The zero-order valence-corrected chi connectivity index (χ0v) is 43.7. The molecule has 0 bridgehead atoms. The molecule has 0 aliphatic heterocycles. The average Bonchev–Trinajstić information content (AvgIpc) is 3.81. The Morgan fingerprint density at radius 3 is 1.11 bits per heavy atom. The molecule has 0 saturated carbocycles. The average molecular weight is 952 g/mol. The van der Waals surface area contributed by atoms with Crippen molar-refractivity contribution in [2.45, 2.75) is 100 Å². The number of hydrogen-bond donors (Lipinski definition) is 0. The third-order valence-corrected chi connectivity index (χ3v) is 65.8. The molecule has 2 aliphatic rings. The molecule has 0 spiro atoms. The number of halogens is 2. The fourth-order valence-electron chi connectivity index (χ4n) is 11.2. The number of fused-ring (bicyclic) bond motifs is 2. The predicted molar refractivity (Wildman–Crippen MR) is 274 cm³/mol. The molecule has 0 aromatic heterocycles. The Balaban J connectivity index is 1.42. The summed E-state index contributed by atoms with van der Waals surface area (Å²) in [5.41, 5.74) is 21.4. The first-order valence-corrected chi connectivity index (χ1v) is 39.5. The van der Waals surface area contributed by atoms with E-state index in [1.807, 2.05) is 0 Å². The van der Waals surface area contributed by atoms with Crippen molar-refractivity contribution in [3.63, 3.8) is 0 Å². The van der Waals surface area contributed by atoms with Crippen LogP contribution in [0.15, 0.2) is 145 Å². The Morgan fingerprint density at radius 2 is 0.790 bits per heavy atom. The van der Waals surface area contributed by atoms with E-state index in [-0.39, 0.29) is 7.25 Å². The van der Waals surface area contributed by atoms with Crippen LogP contribution < -0.4 is 0 Å². The van der Waals surface area contributed by atoms with E-state index in [4.69, 9.17) is 17.0 Å². The maximum absolute atomic E-state index is 9.16. The topological polar surface area (TPSA) is 0 Å². The van der Waals surface area contributed by atoms with Crippen LogP contribution in [-0.4, -0.2) is 5.92 Å². The summed E-state index contributed by atoms with van der Waals surface area (Å²) in [7, 11) is 18.3. The van der Waals surface area contributed by atoms with Gasteiger partial charge in [0.15, 0.2) is 0 Å². The van der Waals surface area contributed by atoms with Crippen molar-refractivity contribution in [2.24, 2.45) is 11.8 Å². The van der Waals surface area contributed by atoms with E-state index in [1.165, 1.54) is 89.0 Å². The molecule has 6 aromatic carbocycles. The summed E-state index contributed by atoms with van der Waals surface area (Å²) in [6, 6.07) is 49.7. The molecule has 0 heterocycles. The Labute approximate surface area is 382 Å². The van der Waals surface area contributed by atoms with Crippen LogP contribution in [0.1, 0.15) is 121 Å². The van der Waals surface area contributed by atoms with Gasteiger partial charge >= 0.3 is 385 Å². The minimum atomic E-state index is -5.17. The monoisotopic (exact) mass is 949 g/mol. The van der Waals surface area contributed by atoms with E-state index >= 15 is 0 Å². The van der Waals surface area contributed by atoms with E-state index in [0.29, 0.717) is 23.7 Å². The van der Waals surface area contributed by atoms with Gasteiger partial charge in [-0.1, -0.05) is 0 Å². The maximum atomic E-state index is 9.16. The molecule has 2 unspecified atom stereocenters. The molecule has 0 amide bonds. The Kier molecular flexibility index (Phi) is 12.9. The van der Waals surface area contributed by atoms with Crippen LogP contribution >= 0.6 is 17.0 Å². The van der Waals surface area contributed by atoms with E-state index in [1.54, 1.807) is 0 Å². The van der Waals surface area contributed by atoms with Crippen LogP contribution in [0.3, 0.4) is 0 Å². The summed E-state index contributed by atoms with van der Waals surface area (Å²) >= 11 is -5.17. The van der Waals surface area contributed by atoms with Crippen molar-refractivity contribution < 1.29 is 15.6 Å². The number of benzene rings is 6. The molecular formula is C58H65Cl2SiZr. The molecule has 0 N–H and O–H groups in total. The predicted octanol–water partition coefficient (Wildman–Crippen LogP) is 18.3. The van der Waals surface area contributed by atoms with Gasteiger partial charge in [-0.05, 0) is 0 Å². The third-order valence-electron chi connectivity index (χ3n) is 13.9. The summed E-state index contributed by atoms with van der Waals surface area (Å²) in [4.78, 5) is 0. The second kappa shape index (κ2) is 17.8. The summed E-state index contributed by atoms with van der Waals surface area (Å²) in [6.07, 6.45) is 7.13. The summed E-state index contributed by atoms with van der Waals surface area (Å²) in [5.74, 6) is -0.219. The van der Waals surface area contributed by atoms with Crippen molar-refractivity contribution in [3.05, 3.63) is 178 Å².